The second-order valence-corrected chi connectivity index (χ2v) is 4.17. The second kappa shape index (κ2) is 2.75. The molecule has 0 aliphatic heterocycles. The lowest BCUT2D eigenvalue weighted by atomic mass is 10.5. The van der Waals surface area contributed by atoms with Crippen LogP contribution in [0.2, 0.25) is 0 Å². The topological polar surface area (TPSA) is 17.3 Å². The molecule has 0 atom stereocenters. The van der Waals surface area contributed by atoms with Crippen molar-refractivity contribution in [2.45, 2.75) is 13.3 Å². The van der Waals surface area contributed by atoms with Crippen molar-refractivity contribution in [2.24, 2.45) is 0 Å². The van der Waals surface area contributed by atoms with Gasteiger partial charge in [0.15, 0.2) is 0 Å². The van der Waals surface area contributed by atoms with Gasteiger partial charge in [-0.05, 0) is 22.6 Å². The van der Waals surface area contributed by atoms with E-state index in [9.17, 15) is 0 Å². The number of thiazole rings is 1. The molecule has 2 rings (SSSR count). The number of fused-ring (bicyclic) bond motifs is 1. The summed E-state index contributed by atoms with van der Waals surface area (Å²) in [6.45, 7) is 2.13. The smallest absolute Gasteiger partial charge is 0.137 e. The lowest BCUT2D eigenvalue weighted by Gasteiger charge is -1.88. The van der Waals surface area contributed by atoms with Crippen molar-refractivity contribution >= 4 is 38.8 Å². The van der Waals surface area contributed by atoms with Crippen molar-refractivity contribution < 1.29 is 0 Å². The Bertz CT molecular complexity index is 377. The molecular formula is C7H7IN2S. The fraction of sp³-hybridized carbons (Fsp3) is 0.286. The van der Waals surface area contributed by atoms with E-state index in [1.165, 1.54) is 4.83 Å². The SMILES string of the molecule is CCc1nc(I)c2sccn12. The van der Waals surface area contributed by atoms with E-state index in [-0.39, 0.29) is 0 Å². The van der Waals surface area contributed by atoms with Gasteiger partial charge in [-0.25, -0.2) is 4.98 Å². The maximum Gasteiger partial charge on any atom is 0.137 e. The highest BCUT2D eigenvalue weighted by molar-refractivity contribution is 14.1. The standard InChI is InChI=1S/C7H7IN2S/c1-2-5-9-6(8)7-10(5)3-4-11-7/h3-4H,2H2,1H3. The monoisotopic (exact) mass is 278 g/mol. The van der Waals surface area contributed by atoms with E-state index in [0.29, 0.717) is 0 Å². The molecule has 0 saturated heterocycles. The normalized spacial score (nSPS) is 11.1. The predicted octanol–water partition coefficient (Wildman–Crippen LogP) is 2.56. The van der Waals surface area contributed by atoms with Crippen molar-refractivity contribution in [2.75, 3.05) is 0 Å². The van der Waals surface area contributed by atoms with Gasteiger partial charge in [0.2, 0.25) is 0 Å². The first-order valence-electron chi connectivity index (χ1n) is 3.43. The Kier molecular flexibility index (Phi) is 1.88. The number of halogens is 1. The van der Waals surface area contributed by atoms with Crippen LogP contribution in [0.1, 0.15) is 12.7 Å². The molecule has 11 heavy (non-hydrogen) atoms. The molecule has 0 bridgehead atoms. The number of aryl methyl sites for hydroxylation is 1. The third-order valence-electron chi connectivity index (χ3n) is 1.61. The fourth-order valence-corrected chi connectivity index (χ4v) is 2.75. The van der Waals surface area contributed by atoms with Gasteiger partial charge in [0, 0.05) is 18.0 Å². The van der Waals surface area contributed by atoms with Gasteiger partial charge < -0.3 is 0 Å². The molecule has 0 unspecified atom stereocenters. The van der Waals surface area contributed by atoms with Crippen molar-refractivity contribution in [1.82, 2.24) is 9.38 Å². The van der Waals surface area contributed by atoms with Crippen LogP contribution in [-0.2, 0) is 6.42 Å². The molecule has 2 aromatic rings. The number of hydrogen-bond donors (Lipinski definition) is 0. The van der Waals surface area contributed by atoms with Gasteiger partial charge in [-0.1, -0.05) is 6.92 Å². The zero-order valence-electron chi connectivity index (χ0n) is 6.04. The molecule has 0 aliphatic rings. The van der Waals surface area contributed by atoms with Gasteiger partial charge in [-0.3, -0.25) is 4.40 Å². The summed E-state index contributed by atoms with van der Waals surface area (Å²) in [6, 6.07) is 0. The van der Waals surface area contributed by atoms with Gasteiger partial charge in [0.05, 0.1) is 0 Å². The van der Waals surface area contributed by atoms with Crippen LogP contribution in [0, 0.1) is 3.70 Å². The molecule has 2 aromatic heterocycles. The predicted molar refractivity (Wildman–Crippen MR) is 55.2 cm³/mol. The van der Waals surface area contributed by atoms with Crippen molar-refractivity contribution in [3.05, 3.63) is 21.1 Å². The van der Waals surface area contributed by atoms with Gasteiger partial charge in [-0.15, -0.1) is 11.3 Å². The average molecular weight is 278 g/mol. The molecule has 0 aromatic carbocycles. The van der Waals surface area contributed by atoms with E-state index in [2.05, 4.69) is 50.5 Å². The highest BCUT2D eigenvalue weighted by atomic mass is 127. The zero-order chi connectivity index (χ0) is 7.84. The Hall–Kier alpha value is -0.100. The van der Waals surface area contributed by atoms with Gasteiger partial charge in [0.25, 0.3) is 0 Å². The first-order valence-corrected chi connectivity index (χ1v) is 5.38. The number of hydrogen-bond acceptors (Lipinski definition) is 2. The molecular weight excluding hydrogens is 271 g/mol. The molecule has 0 N–H and O–H groups in total. The molecule has 2 heterocycles. The Morgan fingerprint density at radius 1 is 1.73 bits per heavy atom. The summed E-state index contributed by atoms with van der Waals surface area (Å²) in [4.78, 5) is 5.69. The van der Waals surface area contributed by atoms with Crippen LogP contribution in [-0.4, -0.2) is 9.38 Å². The Morgan fingerprint density at radius 2 is 2.55 bits per heavy atom. The van der Waals surface area contributed by atoms with Crippen molar-refractivity contribution in [3.63, 3.8) is 0 Å². The van der Waals surface area contributed by atoms with Crippen LogP contribution in [0.15, 0.2) is 11.6 Å². The third kappa shape index (κ3) is 1.08. The maximum absolute atomic E-state index is 4.43. The van der Waals surface area contributed by atoms with Crippen LogP contribution in [0.3, 0.4) is 0 Å². The fourth-order valence-electron chi connectivity index (χ4n) is 1.10. The van der Waals surface area contributed by atoms with E-state index in [4.69, 9.17) is 0 Å². The van der Waals surface area contributed by atoms with Crippen molar-refractivity contribution in [1.29, 1.82) is 0 Å². The lowest BCUT2D eigenvalue weighted by molar-refractivity contribution is 0.936. The molecule has 4 heteroatoms. The number of nitrogens with zero attached hydrogens (tertiary/aromatic N) is 2. The quantitative estimate of drug-likeness (QED) is 0.733. The van der Waals surface area contributed by atoms with Crippen LogP contribution in [0.4, 0.5) is 0 Å². The Labute approximate surface area is 82.4 Å². The summed E-state index contributed by atoms with van der Waals surface area (Å²) in [5.74, 6) is 1.16. The summed E-state index contributed by atoms with van der Waals surface area (Å²) >= 11 is 4.02. The molecule has 0 saturated carbocycles. The third-order valence-corrected chi connectivity index (χ3v) is 3.60. The molecule has 2 nitrogen and oxygen atoms in total. The largest absolute Gasteiger partial charge is 0.293 e. The Balaban J connectivity index is 2.80. The molecule has 58 valence electrons. The Morgan fingerprint density at radius 3 is 3.27 bits per heavy atom. The summed E-state index contributed by atoms with van der Waals surface area (Å²) in [6.07, 6.45) is 3.08. The average Bonchev–Trinajstić information content (AvgIpc) is 2.54. The molecule has 0 fully saturated rings. The van der Waals surface area contributed by atoms with Crippen LogP contribution in [0.5, 0.6) is 0 Å². The minimum absolute atomic E-state index is 1.00. The maximum atomic E-state index is 4.43. The van der Waals surface area contributed by atoms with Crippen molar-refractivity contribution in [3.8, 4) is 0 Å². The highest BCUT2D eigenvalue weighted by Crippen LogP contribution is 2.20. The van der Waals surface area contributed by atoms with Crippen LogP contribution >= 0.6 is 33.9 Å². The van der Waals surface area contributed by atoms with Gasteiger partial charge in [-0.2, -0.15) is 0 Å². The van der Waals surface area contributed by atoms with E-state index in [0.717, 1.165) is 15.9 Å². The molecule has 0 radical (unpaired) electrons. The van der Waals surface area contributed by atoms with E-state index >= 15 is 0 Å². The van der Waals surface area contributed by atoms with Crippen LogP contribution < -0.4 is 0 Å². The second-order valence-electron chi connectivity index (χ2n) is 2.25. The number of rotatable bonds is 1. The summed E-state index contributed by atoms with van der Waals surface area (Å²) in [5, 5.41) is 2.10. The molecule has 0 spiro atoms. The molecule has 0 amide bonds. The summed E-state index contributed by atoms with van der Waals surface area (Å²) in [7, 11) is 0. The van der Waals surface area contributed by atoms with Gasteiger partial charge in [0.1, 0.15) is 14.4 Å². The minimum atomic E-state index is 1.00. The lowest BCUT2D eigenvalue weighted by Crippen LogP contribution is -1.87. The van der Waals surface area contributed by atoms with Gasteiger partial charge >= 0.3 is 0 Å². The number of imidazole rings is 1. The van der Waals surface area contributed by atoms with E-state index in [1.807, 2.05) is 0 Å². The number of aromatic nitrogens is 2. The first kappa shape index (κ1) is 7.54. The summed E-state index contributed by atoms with van der Waals surface area (Å²) in [5.41, 5.74) is 0. The van der Waals surface area contributed by atoms with Crippen LogP contribution in [0.25, 0.3) is 4.83 Å². The zero-order valence-corrected chi connectivity index (χ0v) is 9.02. The summed E-state index contributed by atoms with van der Waals surface area (Å²) < 4.78 is 3.28. The van der Waals surface area contributed by atoms with E-state index < -0.39 is 0 Å². The van der Waals surface area contributed by atoms with E-state index in [1.54, 1.807) is 11.3 Å². The highest BCUT2D eigenvalue weighted by Gasteiger charge is 2.06. The molecule has 0 aliphatic carbocycles. The minimum Gasteiger partial charge on any atom is -0.293 e. The first-order chi connectivity index (χ1) is 5.33.